The summed E-state index contributed by atoms with van der Waals surface area (Å²) < 4.78 is 5.41. The third kappa shape index (κ3) is 2.53. The summed E-state index contributed by atoms with van der Waals surface area (Å²) in [5.74, 6) is 0.224. The third-order valence-corrected chi connectivity index (χ3v) is 3.32. The number of ether oxygens (including phenoxy) is 1. The number of nitrogens with one attached hydrogen (secondary N) is 2. The molecule has 1 amide bonds. The van der Waals surface area contributed by atoms with Crippen molar-refractivity contribution in [1.82, 2.24) is 15.5 Å². The molecular formula is C11H21N3O2. The van der Waals surface area contributed by atoms with Crippen molar-refractivity contribution in [3.63, 3.8) is 0 Å². The minimum atomic E-state index is -0.0547. The highest BCUT2D eigenvalue weighted by Crippen LogP contribution is 2.12. The Kier molecular flexibility index (Phi) is 4.15. The summed E-state index contributed by atoms with van der Waals surface area (Å²) in [6.45, 7) is 6.75. The summed E-state index contributed by atoms with van der Waals surface area (Å²) >= 11 is 0. The van der Waals surface area contributed by atoms with Crippen LogP contribution in [0.1, 0.15) is 13.3 Å². The molecule has 2 atom stereocenters. The van der Waals surface area contributed by atoms with E-state index in [9.17, 15) is 4.79 Å². The largest absolute Gasteiger partial charge is 0.377 e. The van der Waals surface area contributed by atoms with Crippen molar-refractivity contribution in [3.8, 4) is 0 Å². The fraction of sp³-hybridized carbons (Fsp3) is 0.909. The summed E-state index contributed by atoms with van der Waals surface area (Å²) in [6.07, 6.45) is 0.964. The van der Waals surface area contributed by atoms with Gasteiger partial charge >= 0.3 is 0 Å². The lowest BCUT2D eigenvalue weighted by Gasteiger charge is -2.38. The third-order valence-electron chi connectivity index (χ3n) is 3.32. The highest BCUT2D eigenvalue weighted by atomic mass is 16.5. The summed E-state index contributed by atoms with van der Waals surface area (Å²) in [6, 6.07) is 0.200. The molecule has 0 bridgehead atoms. The monoisotopic (exact) mass is 227 g/mol. The van der Waals surface area contributed by atoms with Crippen molar-refractivity contribution in [1.29, 1.82) is 0 Å². The van der Waals surface area contributed by atoms with Gasteiger partial charge in [-0.15, -0.1) is 0 Å². The van der Waals surface area contributed by atoms with Gasteiger partial charge in [-0.05, 0) is 6.42 Å². The standard InChI is InChI=1S/C11H21N3O2/c1-2-9-8-16-6-5-14(9)11(15)10-7-12-3-4-13-10/h9-10,12-13H,2-8H2,1H3. The van der Waals surface area contributed by atoms with E-state index in [4.69, 9.17) is 4.74 Å². The van der Waals surface area contributed by atoms with Crippen molar-refractivity contribution in [2.45, 2.75) is 25.4 Å². The first kappa shape index (κ1) is 11.8. The number of hydrogen-bond donors (Lipinski definition) is 2. The van der Waals surface area contributed by atoms with Crippen molar-refractivity contribution in [2.75, 3.05) is 39.4 Å². The molecule has 92 valence electrons. The molecule has 16 heavy (non-hydrogen) atoms. The fourth-order valence-electron chi connectivity index (χ4n) is 2.31. The minimum Gasteiger partial charge on any atom is -0.377 e. The van der Waals surface area contributed by atoms with Crippen molar-refractivity contribution < 1.29 is 9.53 Å². The van der Waals surface area contributed by atoms with Gasteiger partial charge in [-0.1, -0.05) is 6.92 Å². The maximum absolute atomic E-state index is 12.3. The van der Waals surface area contributed by atoms with Crippen LogP contribution in [0.4, 0.5) is 0 Å². The van der Waals surface area contributed by atoms with Crippen LogP contribution in [0, 0.1) is 0 Å². The van der Waals surface area contributed by atoms with Crippen LogP contribution in [0.5, 0.6) is 0 Å². The molecule has 2 saturated heterocycles. The smallest absolute Gasteiger partial charge is 0.241 e. The zero-order chi connectivity index (χ0) is 11.4. The molecule has 2 aliphatic heterocycles. The number of hydrogen-bond acceptors (Lipinski definition) is 4. The second-order valence-electron chi connectivity index (χ2n) is 4.38. The molecule has 0 aromatic heterocycles. The first-order valence-corrected chi connectivity index (χ1v) is 6.15. The van der Waals surface area contributed by atoms with E-state index in [2.05, 4.69) is 17.6 Å². The van der Waals surface area contributed by atoms with E-state index in [1.165, 1.54) is 0 Å². The van der Waals surface area contributed by atoms with Gasteiger partial charge in [0.15, 0.2) is 0 Å². The normalized spacial score (nSPS) is 31.4. The molecule has 0 radical (unpaired) electrons. The van der Waals surface area contributed by atoms with Crippen LogP contribution in [0.2, 0.25) is 0 Å². The Bertz CT molecular complexity index is 241. The molecule has 2 aliphatic rings. The van der Waals surface area contributed by atoms with Gasteiger partial charge in [0.25, 0.3) is 0 Å². The first-order chi connectivity index (χ1) is 7.83. The lowest BCUT2D eigenvalue weighted by atomic mass is 10.1. The van der Waals surface area contributed by atoms with Crippen molar-refractivity contribution in [3.05, 3.63) is 0 Å². The van der Waals surface area contributed by atoms with Gasteiger partial charge in [0.2, 0.25) is 5.91 Å². The molecule has 0 aliphatic carbocycles. The number of carbonyl (C=O) groups excluding carboxylic acids is 1. The molecule has 2 N–H and O–H groups in total. The van der Waals surface area contributed by atoms with Crippen LogP contribution in [0.3, 0.4) is 0 Å². The van der Waals surface area contributed by atoms with Gasteiger partial charge < -0.3 is 20.3 Å². The highest BCUT2D eigenvalue weighted by Gasteiger charge is 2.31. The van der Waals surface area contributed by atoms with Crippen molar-refractivity contribution in [2.24, 2.45) is 0 Å². The predicted molar refractivity (Wildman–Crippen MR) is 61.3 cm³/mol. The zero-order valence-corrected chi connectivity index (χ0v) is 9.87. The fourth-order valence-corrected chi connectivity index (χ4v) is 2.31. The number of morpholine rings is 1. The van der Waals surface area contributed by atoms with E-state index in [1.54, 1.807) is 0 Å². The van der Waals surface area contributed by atoms with Crippen LogP contribution in [-0.2, 0) is 9.53 Å². The van der Waals surface area contributed by atoms with Crippen LogP contribution in [-0.4, -0.2) is 62.3 Å². The summed E-state index contributed by atoms with van der Waals surface area (Å²) in [7, 11) is 0. The lowest BCUT2D eigenvalue weighted by Crippen LogP contribution is -2.60. The van der Waals surface area contributed by atoms with Crippen LogP contribution in [0.15, 0.2) is 0 Å². The average Bonchev–Trinajstić information content (AvgIpc) is 2.39. The van der Waals surface area contributed by atoms with Gasteiger partial charge in [0.05, 0.1) is 25.3 Å². The van der Waals surface area contributed by atoms with Gasteiger partial charge in [-0.25, -0.2) is 0 Å². The second-order valence-corrected chi connectivity index (χ2v) is 4.38. The van der Waals surface area contributed by atoms with E-state index in [-0.39, 0.29) is 18.0 Å². The molecule has 2 unspecified atom stereocenters. The predicted octanol–water partition coefficient (Wildman–Crippen LogP) is -0.815. The maximum atomic E-state index is 12.3. The number of rotatable bonds is 2. The molecular weight excluding hydrogens is 206 g/mol. The SMILES string of the molecule is CCC1COCCN1C(=O)C1CNCCN1. The van der Waals surface area contributed by atoms with E-state index in [0.29, 0.717) is 13.2 Å². The Morgan fingerprint density at radius 1 is 1.50 bits per heavy atom. The van der Waals surface area contributed by atoms with E-state index >= 15 is 0 Å². The Balaban J connectivity index is 1.95. The van der Waals surface area contributed by atoms with Gasteiger partial charge in [-0.2, -0.15) is 0 Å². The Morgan fingerprint density at radius 3 is 3.06 bits per heavy atom. The van der Waals surface area contributed by atoms with Crippen LogP contribution < -0.4 is 10.6 Å². The molecule has 2 fully saturated rings. The Hall–Kier alpha value is -0.650. The highest BCUT2D eigenvalue weighted by molar-refractivity contribution is 5.82. The zero-order valence-electron chi connectivity index (χ0n) is 9.87. The van der Waals surface area contributed by atoms with Gasteiger partial charge in [0.1, 0.15) is 0 Å². The molecule has 0 aromatic carbocycles. The topological polar surface area (TPSA) is 53.6 Å². The van der Waals surface area contributed by atoms with Crippen LogP contribution in [0.25, 0.3) is 0 Å². The summed E-state index contributed by atoms with van der Waals surface area (Å²) in [5, 5.41) is 6.51. The number of nitrogens with zero attached hydrogens (tertiary/aromatic N) is 1. The summed E-state index contributed by atoms with van der Waals surface area (Å²) in [5.41, 5.74) is 0. The number of piperazine rings is 1. The second kappa shape index (κ2) is 5.61. The quantitative estimate of drug-likeness (QED) is 0.647. The molecule has 2 heterocycles. The molecule has 5 nitrogen and oxygen atoms in total. The van der Waals surface area contributed by atoms with Crippen LogP contribution >= 0.6 is 0 Å². The lowest BCUT2D eigenvalue weighted by molar-refractivity contribution is -0.142. The summed E-state index contributed by atoms with van der Waals surface area (Å²) in [4.78, 5) is 14.3. The van der Waals surface area contributed by atoms with E-state index in [0.717, 1.165) is 32.6 Å². The Morgan fingerprint density at radius 2 is 2.38 bits per heavy atom. The van der Waals surface area contributed by atoms with Crippen molar-refractivity contribution >= 4 is 5.91 Å². The number of amides is 1. The van der Waals surface area contributed by atoms with E-state index < -0.39 is 0 Å². The maximum Gasteiger partial charge on any atom is 0.241 e. The number of carbonyl (C=O) groups is 1. The molecule has 2 rings (SSSR count). The van der Waals surface area contributed by atoms with Gasteiger partial charge in [0, 0.05) is 26.2 Å². The molecule has 0 spiro atoms. The average molecular weight is 227 g/mol. The molecule has 0 saturated carbocycles. The minimum absolute atomic E-state index is 0.0547. The molecule has 5 heteroatoms. The first-order valence-electron chi connectivity index (χ1n) is 6.15. The van der Waals surface area contributed by atoms with Gasteiger partial charge in [-0.3, -0.25) is 4.79 Å². The Labute approximate surface area is 96.5 Å². The molecule has 0 aromatic rings. The van der Waals surface area contributed by atoms with E-state index in [1.807, 2.05) is 4.90 Å².